The van der Waals surface area contributed by atoms with E-state index in [1.54, 1.807) is 57.2 Å². The summed E-state index contributed by atoms with van der Waals surface area (Å²) < 4.78 is 10.2. The Hall–Kier alpha value is -3.68. The summed E-state index contributed by atoms with van der Waals surface area (Å²) in [6.45, 7) is 6.07. The van der Waals surface area contributed by atoms with Crippen molar-refractivity contribution in [3.05, 3.63) is 59.7 Å². The van der Waals surface area contributed by atoms with Crippen molar-refractivity contribution in [3.63, 3.8) is 0 Å². The zero-order chi connectivity index (χ0) is 22.3. The molecule has 0 aliphatic heterocycles. The van der Waals surface area contributed by atoms with Gasteiger partial charge in [0.1, 0.15) is 5.60 Å². The number of anilines is 2. The molecule has 0 saturated carbocycles. The van der Waals surface area contributed by atoms with Crippen LogP contribution in [0.1, 0.15) is 48.4 Å². The van der Waals surface area contributed by atoms with Gasteiger partial charge in [0, 0.05) is 11.3 Å². The van der Waals surface area contributed by atoms with Crippen LogP contribution in [0.4, 0.5) is 16.2 Å². The second-order valence-corrected chi connectivity index (χ2v) is 7.43. The number of ether oxygens (including phenoxy) is 2. The Labute approximate surface area is 174 Å². The third kappa shape index (κ3) is 7.05. The first kappa shape index (κ1) is 22.6. The maximum absolute atomic E-state index is 12.2. The van der Waals surface area contributed by atoms with E-state index in [0.717, 1.165) is 0 Å². The van der Waals surface area contributed by atoms with Crippen LogP contribution in [-0.4, -0.2) is 36.0 Å². The van der Waals surface area contributed by atoms with Gasteiger partial charge in [0.15, 0.2) is 12.4 Å². The molecule has 8 nitrogen and oxygen atoms in total. The molecule has 0 bridgehead atoms. The number of carbonyl (C=O) groups excluding carboxylic acids is 4. The van der Waals surface area contributed by atoms with Crippen molar-refractivity contribution in [2.75, 3.05) is 17.2 Å². The first-order chi connectivity index (χ1) is 14.0. The van der Waals surface area contributed by atoms with Crippen LogP contribution in [0, 0.1) is 0 Å². The zero-order valence-electron chi connectivity index (χ0n) is 17.3. The molecule has 8 heteroatoms. The van der Waals surface area contributed by atoms with Crippen molar-refractivity contribution in [1.82, 2.24) is 0 Å². The minimum atomic E-state index is -0.738. The number of carbonyl (C=O) groups is 4. The summed E-state index contributed by atoms with van der Waals surface area (Å²) in [5, 5.41) is 5.08. The van der Waals surface area contributed by atoms with Crippen molar-refractivity contribution in [2.45, 2.75) is 33.3 Å². The average molecular weight is 412 g/mol. The Morgan fingerprint density at radius 1 is 0.933 bits per heavy atom. The molecule has 0 aromatic heterocycles. The van der Waals surface area contributed by atoms with Crippen LogP contribution in [0.3, 0.4) is 0 Å². The van der Waals surface area contributed by atoms with Crippen LogP contribution in [0.15, 0.2) is 48.5 Å². The highest BCUT2D eigenvalue weighted by Crippen LogP contribution is 2.16. The summed E-state index contributed by atoms with van der Waals surface area (Å²) >= 11 is 0. The largest absolute Gasteiger partial charge is 0.452 e. The van der Waals surface area contributed by atoms with Crippen LogP contribution < -0.4 is 10.6 Å². The molecule has 0 atom stereocenters. The van der Waals surface area contributed by atoms with E-state index in [-0.39, 0.29) is 11.3 Å². The van der Waals surface area contributed by atoms with Crippen molar-refractivity contribution < 1.29 is 28.7 Å². The molecule has 0 spiro atoms. The molecular formula is C22H24N2O6. The van der Waals surface area contributed by atoms with Gasteiger partial charge in [-0.3, -0.25) is 14.9 Å². The smallest absolute Gasteiger partial charge is 0.412 e. The second-order valence-electron chi connectivity index (χ2n) is 7.43. The topological polar surface area (TPSA) is 111 Å². The summed E-state index contributed by atoms with van der Waals surface area (Å²) in [7, 11) is 0. The van der Waals surface area contributed by atoms with Crippen LogP contribution in [0.25, 0.3) is 0 Å². The van der Waals surface area contributed by atoms with E-state index in [0.29, 0.717) is 16.9 Å². The lowest BCUT2D eigenvalue weighted by atomic mass is 10.1. The molecule has 0 aliphatic carbocycles. The van der Waals surface area contributed by atoms with Gasteiger partial charge in [-0.1, -0.05) is 18.2 Å². The van der Waals surface area contributed by atoms with Crippen molar-refractivity contribution in [2.24, 2.45) is 0 Å². The molecule has 2 aromatic carbocycles. The van der Waals surface area contributed by atoms with Crippen molar-refractivity contribution >= 4 is 35.1 Å². The lowest BCUT2D eigenvalue weighted by Crippen LogP contribution is -2.27. The fraction of sp³-hybridized carbons (Fsp3) is 0.273. The molecule has 2 amide bonds. The van der Waals surface area contributed by atoms with Gasteiger partial charge in [0.05, 0.1) is 11.3 Å². The summed E-state index contributed by atoms with van der Waals surface area (Å²) in [4.78, 5) is 47.8. The van der Waals surface area contributed by atoms with Crippen LogP contribution >= 0.6 is 0 Å². The third-order valence-electron chi connectivity index (χ3n) is 3.66. The number of rotatable bonds is 6. The number of hydrogen-bond acceptors (Lipinski definition) is 6. The van der Waals surface area contributed by atoms with Crippen molar-refractivity contribution in [3.8, 4) is 0 Å². The summed E-state index contributed by atoms with van der Waals surface area (Å²) in [6.07, 6.45) is -0.656. The quantitative estimate of drug-likeness (QED) is 0.547. The number of benzene rings is 2. The number of Topliss-reactive ketones (excluding diaryl/α,β-unsaturated/α-hetero) is 1. The Kier molecular flexibility index (Phi) is 7.30. The van der Waals surface area contributed by atoms with Gasteiger partial charge >= 0.3 is 12.1 Å². The van der Waals surface area contributed by atoms with Crippen LogP contribution in [0.2, 0.25) is 0 Å². The highest BCUT2D eigenvalue weighted by Gasteiger charge is 2.17. The molecule has 2 N–H and O–H groups in total. The molecule has 0 heterocycles. The minimum Gasteiger partial charge on any atom is -0.452 e. The predicted molar refractivity (Wildman–Crippen MR) is 112 cm³/mol. The summed E-state index contributed by atoms with van der Waals surface area (Å²) in [5.41, 5.74) is 0.543. The number of nitrogens with one attached hydrogen (secondary N) is 2. The monoisotopic (exact) mass is 412 g/mol. The molecular weight excluding hydrogens is 388 g/mol. The fourth-order valence-corrected chi connectivity index (χ4v) is 2.45. The molecule has 0 saturated heterocycles. The van der Waals surface area contributed by atoms with E-state index in [1.165, 1.54) is 19.1 Å². The van der Waals surface area contributed by atoms with Gasteiger partial charge in [-0.05, 0) is 58.0 Å². The molecule has 0 unspecified atom stereocenters. The summed E-state index contributed by atoms with van der Waals surface area (Å²) in [5.74, 6) is -1.52. The van der Waals surface area contributed by atoms with E-state index in [4.69, 9.17) is 9.47 Å². The standard InChI is InChI=1S/C22H24N2O6/c1-14(25)17-10-5-6-11-18(17)24-19(26)13-29-20(27)15-8-7-9-16(12-15)23-21(28)30-22(2,3)4/h5-12H,13H2,1-4H3,(H,23,28)(H,24,26). The Morgan fingerprint density at radius 2 is 1.63 bits per heavy atom. The van der Waals surface area contributed by atoms with Gasteiger partial charge in [-0.15, -0.1) is 0 Å². The van der Waals surface area contributed by atoms with E-state index in [1.807, 2.05) is 0 Å². The molecule has 2 rings (SSSR count). The maximum Gasteiger partial charge on any atom is 0.412 e. The van der Waals surface area contributed by atoms with Crippen molar-refractivity contribution in [1.29, 1.82) is 0 Å². The van der Waals surface area contributed by atoms with Gasteiger partial charge in [-0.2, -0.15) is 0 Å². The Morgan fingerprint density at radius 3 is 2.30 bits per heavy atom. The number of esters is 1. The number of amides is 2. The van der Waals surface area contributed by atoms with E-state index in [2.05, 4.69) is 10.6 Å². The number of ketones is 1. The van der Waals surface area contributed by atoms with E-state index >= 15 is 0 Å². The SMILES string of the molecule is CC(=O)c1ccccc1NC(=O)COC(=O)c1cccc(NC(=O)OC(C)(C)C)c1. The van der Waals surface area contributed by atoms with E-state index in [9.17, 15) is 19.2 Å². The number of para-hydroxylation sites is 1. The molecule has 0 fully saturated rings. The summed E-state index contributed by atoms with van der Waals surface area (Å²) in [6, 6.07) is 12.6. The molecule has 0 radical (unpaired) electrons. The number of hydrogen-bond donors (Lipinski definition) is 2. The second kappa shape index (κ2) is 9.69. The van der Waals surface area contributed by atoms with Crippen LogP contribution in [-0.2, 0) is 14.3 Å². The zero-order valence-corrected chi connectivity index (χ0v) is 17.3. The van der Waals surface area contributed by atoms with Gasteiger partial charge < -0.3 is 14.8 Å². The van der Waals surface area contributed by atoms with Gasteiger partial charge in [0.25, 0.3) is 5.91 Å². The van der Waals surface area contributed by atoms with E-state index < -0.39 is 30.2 Å². The molecule has 158 valence electrons. The first-order valence-electron chi connectivity index (χ1n) is 9.22. The Balaban J connectivity index is 1.94. The minimum absolute atomic E-state index is 0.153. The van der Waals surface area contributed by atoms with Gasteiger partial charge in [-0.25, -0.2) is 9.59 Å². The van der Waals surface area contributed by atoms with Gasteiger partial charge in [0.2, 0.25) is 0 Å². The first-order valence-corrected chi connectivity index (χ1v) is 9.22. The predicted octanol–water partition coefficient (Wildman–Crippen LogP) is 4.03. The maximum atomic E-state index is 12.2. The Bertz CT molecular complexity index is 962. The molecule has 2 aromatic rings. The highest BCUT2D eigenvalue weighted by atomic mass is 16.6. The lowest BCUT2D eigenvalue weighted by Gasteiger charge is -2.19. The normalized spacial score (nSPS) is 10.7. The molecule has 30 heavy (non-hydrogen) atoms. The third-order valence-corrected chi connectivity index (χ3v) is 3.66. The van der Waals surface area contributed by atoms with Crippen LogP contribution in [0.5, 0.6) is 0 Å². The molecule has 0 aliphatic rings. The average Bonchev–Trinajstić information content (AvgIpc) is 2.65. The highest BCUT2D eigenvalue weighted by molar-refractivity contribution is 6.04. The fourth-order valence-electron chi connectivity index (χ4n) is 2.45. The lowest BCUT2D eigenvalue weighted by molar-refractivity contribution is -0.119.